The molecule has 3 rings (SSSR count). The van der Waals surface area contributed by atoms with Crippen molar-refractivity contribution >= 4 is 15.9 Å². The van der Waals surface area contributed by atoms with Crippen molar-refractivity contribution in [3.8, 4) is 11.5 Å². The molecule has 0 unspecified atom stereocenters. The molecule has 32 heavy (non-hydrogen) atoms. The topological polar surface area (TPSA) is 84.9 Å². The maximum atomic E-state index is 13.1. The number of nitrogens with zero attached hydrogens (tertiary/aromatic N) is 1. The predicted octanol–water partition coefficient (Wildman–Crippen LogP) is 3.92. The average Bonchev–Trinajstić information content (AvgIpc) is 2.78. The number of carbonyl (C=O) groups is 1. The molecule has 7 nitrogen and oxygen atoms in total. The van der Waals surface area contributed by atoms with Crippen LogP contribution in [0.15, 0.2) is 41.3 Å². The van der Waals surface area contributed by atoms with Crippen LogP contribution in [0.1, 0.15) is 54.2 Å². The van der Waals surface area contributed by atoms with Gasteiger partial charge in [-0.05, 0) is 68.0 Å². The molecule has 2 aromatic rings. The zero-order chi connectivity index (χ0) is 23.5. The number of ether oxygens (including phenoxy) is 2. The Labute approximate surface area is 190 Å². The smallest absolute Gasteiger partial charge is 0.252 e. The Morgan fingerprint density at radius 1 is 1.06 bits per heavy atom. The van der Waals surface area contributed by atoms with Crippen LogP contribution in [0.5, 0.6) is 11.5 Å². The molecule has 1 fully saturated rings. The first-order chi connectivity index (χ1) is 15.2. The van der Waals surface area contributed by atoms with Crippen LogP contribution in [-0.2, 0) is 10.0 Å². The van der Waals surface area contributed by atoms with Gasteiger partial charge < -0.3 is 14.8 Å². The summed E-state index contributed by atoms with van der Waals surface area (Å²) in [4.78, 5) is 13.2. The monoisotopic (exact) mass is 460 g/mol. The van der Waals surface area contributed by atoms with Gasteiger partial charge in [0.1, 0.15) is 0 Å². The van der Waals surface area contributed by atoms with Crippen molar-refractivity contribution in [2.75, 3.05) is 27.3 Å². The van der Waals surface area contributed by atoms with Gasteiger partial charge in [0.15, 0.2) is 11.5 Å². The normalized spacial score (nSPS) is 16.4. The number of hydrogen-bond donors (Lipinski definition) is 1. The second-order valence-electron chi connectivity index (χ2n) is 8.37. The Morgan fingerprint density at radius 2 is 1.72 bits per heavy atom. The van der Waals surface area contributed by atoms with Gasteiger partial charge in [-0.1, -0.05) is 19.1 Å². The molecule has 0 aromatic heterocycles. The molecule has 0 bridgehead atoms. The van der Waals surface area contributed by atoms with Crippen molar-refractivity contribution in [2.24, 2.45) is 5.92 Å². The Hall–Kier alpha value is -2.58. The number of methoxy groups -OCH3 is 2. The highest BCUT2D eigenvalue weighted by atomic mass is 32.2. The molecule has 174 valence electrons. The molecule has 0 aliphatic carbocycles. The van der Waals surface area contributed by atoms with E-state index in [2.05, 4.69) is 12.2 Å². The van der Waals surface area contributed by atoms with Crippen LogP contribution in [0, 0.1) is 12.8 Å². The summed E-state index contributed by atoms with van der Waals surface area (Å²) in [6.07, 6.45) is 1.70. The van der Waals surface area contributed by atoms with Crippen molar-refractivity contribution in [3.63, 3.8) is 0 Å². The first-order valence-electron chi connectivity index (χ1n) is 10.8. The Kier molecular flexibility index (Phi) is 7.46. The summed E-state index contributed by atoms with van der Waals surface area (Å²) < 4.78 is 38.4. The van der Waals surface area contributed by atoms with Gasteiger partial charge in [-0.3, -0.25) is 4.79 Å². The molecule has 1 heterocycles. The summed E-state index contributed by atoms with van der Waals surface area (Å²) >= 11 is 0. The SMILES string of the molecule is COc1ccc([C@@H](C)NC(=O)c2cc(S(=O)(=O)N3CCC(C)CC3)ccc2C)cc1OC. The van der Waals surface area contributed by atoms with Crippen LogP contribution < -0.4 is 14.8 Å². The molecular formula is C24H32N2O5S. The highest BCUT2D eigenvalue weighted by Gasteiger charge is 2.29. The van der Waals surface area contributed by atoms with Gasteiger partial charge in [-0.15, -0.1) is 0 Å². The maximum Gasteiger partial charge on any atom is 0.252 e. The zero-order valence-electron chi connectivity index (χ0n) is 19.3. The molecular weight excluding hydrogens is 428 g/mol. The minimum absolute atomic E-state index is 0.154. The van der Waals surface area contributed by atoms with Crippen LogP contribution in [0.4, 0.5) is 0 Å². The summed E-state index contributed by atoms with van der Waals surface area (Å²) in [5.41, 5.74) is 1.91. The van der Waals surface area contributed by atoms with E-state index in [9.17, 15) is 13.2 Å². The van der Waals surface area contributed by atoms with Crippen LogP contribution >= 0.6 is 0 Å². The number of sulfonamides is 1. The fraction of sp³-hybridized carbons (Fsp3) is 0.458. The Balaban J connectivity index is 1.81. The third-order valence-electron chi connectivity index (χ3n) is 6.09. The van der Waals surface area contributed by atoms with Crippen molar-refractivity contribution < 1.29 is 22.7 Å². The molecule has 1 amide bonds. The molecule has 8 heteroatoms. The standard InChI is InChI=1S/C24H32N2O5S/c1-16-10-12-26(13-11-16)32(28,29)20-8-6-17(2)21(15-20)24(27)25-18(3)19-7-9-22(30-4)23(14-19)31-5/h6-9,14-16,18H,10-13H2,1-5H3,(H,25,27)/t18-/m1/s1. The van der Waals surface area contributed by atoms with Crippen LogP contribution in [-0.4, -0.2) is 45.9 Å². The third kappa shape index (κ3) is 5.07. The summed E-state index contributed by atoms with van der Waals surface area (Å²) in [6, 6.07) is 9.90. The first kappa shape index (κ1) is 24.1. The van der Waals surface area contributed by atoms with E-state index >= 15 is 0 Å². The van der Waals surface area contributed by atoms with Gasteiger partial charge in [0.05, 0.1) is 25.2 Å². The van der Waals surface area contributed by atoms with Gasteiger partial charge in [0.25, 0.3) is 5.91 Å². The minimum Gasteiger partial charge on any atom is -0.493 e. The quantitative estimate of drug-likeness (QED) is 0.677. The van der Waals surface area contributed by atoms with E-state index in [4.69, 9.17) is 9.47 Å². The Morgan fingerprint density at radius 3 is 2.34 bits per heavy atom. The highest BCUT2D eigenvalue weighted by molar-refractivity contribution is 7.89. The van der Waals surface area contributed by atoms with Gasteiger partial charge in [-0.25, -0.2) is 8.42 Å². The number of aryl methyl sites for hydroxylation is 1. The van der Waals surface area contributed by atoms with Crippen molar-refractivity contribution in [3.05, 3.63) is 53.1 Å². The number of carbonyl (C=O) groups excluding carboxylic acids is 1. The van der Waals surface area contributed by atoms with E-state index < -0.39 is 10.0 Å². The van der Waals surface area contributed by atoms with E-state index in [0.717, 1.165) is 18.4 Å². The van der Waals surface area contributed by atoms with E-state index in [1.165, 1.54) is 10.4 Å². The molecule has 1 saturated heterocycles. The van der Waals surface area contributed by atoms with Crippen LogP contribution in [0.3, 0.4) is 0 Å². The molecule has 1 aliphatic heterocycles. The fourth-order valence-corrected chi connectivity index (χ4v) is 5.36. The first-order valence-corrected chi connectivity index (χ1v) is 12.2. The average molecular weight is 461 g/mol. The molecule has 0 spiro atoms. The summed E-state index contributed by atoms with van der Waals surface area (Å²) in [7, 11) is -0.507. The maximum absolute atomic E-state index is 13.1. The highest BCUT2D eigenvalue weighted by Crippen LogP contribution is 2.30. The number of hydrogen-bond acceptors (Lipinski definition) is 5. The lowest BCUT2D eigenvalue weighted by Gasteiger charge is -2.29. The summed E-state index contributed by atoms with van der Waals surface area (Å²) in [5.74, 6) is 1.38. The van der Waals surface area contributed by atoms with Crippen molar-refractivity contribution in [1.82, 2.24) is 9.62 Å². The second-order valence-corrected chi connectivity index (χ2v) is 10.3. The zero-order valence-corrected chi connectivity index (χ0v) is 20.2. The van der Waals surface area contributed by atoms with E-state index in [1.54, 1.807) is 39.3 Å². The van der Waals surface area contributed by atoms with E-state index in [1.807, 2.05) is 19.1 Å². The van der Waals surface area contributed by atoms with Crippen molar-refractivity contribution in [1.29, 1.82) is 0 Å². The van der Waals surface area contributed by atoms with Gasteiger partial charge in [0.2, 0.25) is 10.0 Å². The number of benzene rings is 2. The van der Waals surface area contributed by atoms with Crippen LogP contribution in [0.2, 0.25) is 0 Å². The third-order valence-corrected chi connectivity index (χ3v) is 7.98. The summed E-state index contributed by atoms with van der Waals surface area (Å²) in [6.45, 7) is 6.82. The molecule has 1 atom stereocenters. The van der Waals surface area contributed by atoms with E-state index in [-0.39, 0.29) is 16.8 Å². The summed E-state index contributed by atoms with van der Waals surface area (Å²) in [5, 5.41) is 2.96. The van der Waals surface area contributed by atoms with E-state index in [0.29, 0.717) is 41.6 Å². The van der Waals surface area contributed by atoms with Gasteiger partial charge in [-0.2, -0.15) is 4.31 Å². The molecule has 1 aliphatic rings. The lowest BCUT2D eigenvalue weighted by Crippen LogP contribution is -2.38. The van der Waals surface area contributed by atoms with Gasteiger partial charge in [0, 0.05) is 18.7 Å². The molecule has 0 saturated carbocycles. The lowest BCUT2D eigenvalue weighted by atomic mass is 10.0. The van der Waals surface area contributed by atoms with Gasteiger partial charge >= 0.3 is 0 Å². The lowest BCUT2D eigenvalue weighted by molar-refractivity contribution is 0.0939. The number of rotatable bonds is 7. The molecule has 1 N–H and O–H groups in total. The van der Waals surface area contributed by atoms with Crippen molar-refractivity contribution in [2.45, 2.75) is 44.6 Å². The minimum atomic E-state index is -3.63. The second kappa shape index (κ2) is 9.92. The number of piperidine rings is 1. The molecule has 2 aromatic carbocycles. The number of amides is 1. The number of nitrogens with one attached hydrogen (secondary N) is 1. The predicted molar refractivity (Wildman–Crippen MR) is 124 cm³/mol. The largest absolute Gasteiger partial charge is 0.493 e. The van der Waals surface area contributed by atoms with Crippen LogP contribution in [0.25, 0.3) is 0 Å². The molecule has 0 radical (unpaired) electrons. The Bertz CT molecular complexity index is 1080. The fourth-order valence-electron chi connectivity index (χ4n) is 3.86.